The molecule has 3 N–H and O–H groups in total. The third kappa shape index (κ3) is 2.56. The zero-order chi connectivity index (χ0) is 12.3. The molecule has 0 bridgehead atoms. The van der Waals surface area contributed by atoms with E-state index in [2.05, 4.69) is 12.3 Å². The summed E-state index contributed by atoms with van der Waals surface area (Å²) in [7, 11) is 0. The summed E-state index contributed by atoms with van der Waals surface area (Å²) in [5.74, 6) is 7.50. The molecule has 5 heteroatoms. The van der Waals surface area contributed by atoms with Crippen LogP contribution in [0.2, 0.25) is 0 Å². The summed E-state index contributed by atoms with van der Waals surface area (Å²) < 4.78 is 0. The number of carbonyl (C=O) groups excluding carboxylic acids is 1. The van der Waals surface area contributed by atoms with Crippen LogP contribution < -0.4 is 11.3 Å². The Morgan fingerprint density at radius 3 is 3.00 bits per heavy atom. The third-order valence-electron chi connectivity index (χ3n) is 2.94. The molecule has 1 unspecified atom stereocenters. The Morgan fingerprint density at radius 2 is 2.29 bits per heavy atom. The highest BCUT2D eigenvalue weighted by Crippen LogP contribution is 2.22. The molecule has 0 saturated carbocycles. The monoisotopic (exact) mass is 251 g/mol. The molecule has 1 fully saturated rings. The van der Waals surface area contributed by atoms with Crippen LogP contribution in [-0.4, -0.2) is 34.9 Å². The summed E-state index contributed by atoms with van der Waals surface area (Å²) in [4.78, 5) is 14.3. The molecule has 17 heavy (non-hydrogen) atoms. The molecule has 4 nitrogen and oxygen atoms in total. The molecule has 0 radical (unpaired) electrons. The van der Waals surface area contributed by atoms with Crippen molar-refractivity contribution in [1.82, 2.24) is 4.90 Å². The van der Waals surface area contributed by atoms with E-state index in [0.717, 1.165) is 18.1 Å². The molecule has 1 saturated heterocycles. The normalized spacial score (nSPS) is 20.1. The number of amides is 1. The second kappa shape index (κ2) is 5.42. The van der Waals surface area contributed by atoms with E-state index in [9.17, 15) is 4.79 Å². The van der Waals surface area contributed by atoms with E-state index in [4.69, 9.17) is 5.84 Å². The van der Waals surface area contributed by atoms with Gasteiger partial charge in [-0.2, -0.15) is 11.8 Å². The van der Waals surface area contributed by atoms with Gasteiger partial charge in [0.2, 0.25) is 0 Å². The summed E-state index contributed by atoms with van der Waals surface area (Å²) >= 11 is 1.90. The van der Waals surface area contributed by atoms with Crippen molar-refractivity contribution in [3.63, 3.8) is 0 Å². The topological polar surface area (TPSA) is 58.4 Å². The molecular formula is C12H17N3OS. The minimum atomic E-state index is 0.0614. The highest BCUT2D eigenvalue weighted by Gasteiger charge is 2.25. The fourth-order valence-corrected chi connectivity index (χ4v) is 2.99. The molecule has 1 atom stereocenters. The average molecular weight is 251 g/mol. The van der Waals surface area contributed by atoms with Crippen LogP contribution in [0.5, 0.6) is 0 Å². The van der Waals surface area contributed by atoms with Crippen molar-refractivity contribution in [2.24, 2.45) is 5.84 Å². The number of hydrogen-bond donors (Lipinski definition) is 2. The lowest BCUT2D eigenvalue weighted by Gasteiger charge is -2.33. The predicted octanol–water partition coefficient (Wildman–Crippen LogP) is 1.55. The summed E-state index contributed by atoms with van der Waals surface area (Å²) in [6, 6.07) is 7.63. The van der Waals surface area contributed by atoms with Crippen LogP contribution in [0.3, 0.4) is 0 Å². The van der Waals surface area contributed by atoms with E-state index in [-0.39, 0.29) is 11.9 Å². The van der Waals surface area contributed by atoms with Crippen LogP contribution in [0.1, 0.15) is 17.3 Å². The lowest BCUT2D eigenvalue weighted by atomic mass is 10.1. The van der Waals surface area contributed by atoms with Gasteiger partial charge in [-0.15, -0.1) is 0 Å². The lowest BCUT2D eigenvalue weighted by Crippen LogP contribution is -2.44. The Balaban J connectivity index is 2.23. The summed E-state index contributed by atoms with van der Waals surface area (Å²) in [5.41, 5.74) is 3.91. The van der Waals surface area contributed by atoms with Crippen molar-refractivity contribution in [1.29, 1.82) is 0 Å². The molecule has 0 spiro atoms. The van der Waals surface area contributed by atoms with Crippen LogP contribution >= 0.6 is 11.8 Å². The van der Waals surface area contributed by atoms with Gasteiger partial charge >= 0.3 is 0 Å². The van der Waals surface area contributed by atoms with Crippen molar-refractivity contribution >= 4 is 23.4 Å². The van der Waals surface area contributed by atoms with E-state index < -0.39 is 0 Å². The first-order chi connectivity index (χ1) is 8.24. The molecule has 1 aromatic rings. The summed E-state index contributed by atoms with van der Waals surface area (Å²) in [6.45, 7) is 2.89. The number of para-hydroxylation sites is 1. The molecule has 0 aromatic heterocycles. The van der Waals surface area contributed by atoms with Crippen LogP contribution in [0.15, 0.2) is 24.3 Å². The highest BCUT2D eigenvalue weighted by atomic mass is 32.2. The summed E-state index contributed by atoms with van der Waals surface area (Å²) in [5, 5.41) is 0. The highest BCUT2D eigenvalue weighted by molar-refractivity contribution is 7.99. The maximum atomic E-state index is 12.4. The Labute approximate surface area is 106 Å². The standard InChI is InChI=1S/C12H17N3OS/c1-9-8-17-7-6-15(9)12(16)10-4-2-3-5-11(10)14-13/h2-5,9,14H,6-8,13H2,1H3. The molecule has 0 aliphatic carbocycles. The Hall–Kier alpha value is -1.20. The number of hydrazine groups is 1. The van der Waals surface area contributed by atoms with E-state index >= 15 is 0 Å². The van der Waals surface area contributed by atoms with Gasteiger partial charge in [0.05, 0.1) is 11.3 Å². The van der Waals surface area contributed by atoms with Crippen molar-refractivity contribution in [3.8, 4) is 0 Å². The zero-order valence-corrected chi connectivity index (χ0v) is 10.7. The minimum Gasteiger partial charge on any atom is -0.334 e. The number of rotatable bonds is 2. The Morgan fingerprint density at radius 1 is 1.53 bits per heavy atom. The second-order valence-electron chi connectivity index (χ2n) is 4.11. The SMILES string of the molecule is CC1CSCCN1C(=O)c1ccccc1NN. The van der Waals surface area contributed by atoms with Gasteiger partial charge in [0, 0.05) is 24.1 Å². The first kappa shape index (κ1) is 12.3. The number of nitrogens with zero attached hydrogens (tertiary/aromatic N) is 1. The van der Waals surface area contributed by atoms with Crippen LogP contribution in [0, 0.1) is 0 Å². The van der Waals surface area contributed by atoms with E-state index in [1.165, 1.54) is 0 Å². The molecule has 1 aliphatic heterocycles. The molecule has 1 amide bonds. The van der Waals surface area contributed by atoms with E-state index in [0.29, 0.717) is 11.3 Å². The number of thioether (sulfide) groups is 1. The van der Waals surface area contributed by atoms with Crippen molar-refractivity contribution in [3.05, 3.63) is 29.8 Å². The van der Waals surface area contributed by atoms with Gasteiger partial charge in [-0.1, -0.05) is 12.1 Å². The third-order valence-corrected chi connectivity index (χ3v) is 4.13. The van der Waals surface area contributed by atoms with E-state index in [1.807, 2.05) is 40.9 Å². The maximum Gasteiger partial charge on any atom is 0.256 e. The van der Waals surface area contributed by atoms with Crippen LogP contribution in [0.4, 0.5) is 5.69 Å². The summed E-state index contributed by atoms with van der Waals surface area (Å²) in [6.07, 6.45) is 0. The first-order valence-corrected chi connectivity index (χ1v) is 6.84. The van der Waals surface area contributed by atoms with Crippen molar-refractivity contribution in [2.75, 3.05) is 23.5 Å². The number of anilines is 1. The quantitative estimate of drug-likeness (QED) is 0.618. The number of carbonyl (C=O) groups is 1. The average Bonchev–Trinajstić information content (AvgIpc) is 2.38. The molecule has 1 aromatic carbocycles. The fraction of sp³-hybridized carbons (Fsp3) is 0.417. The predicted molar refractivity (Wildman–Crippen MR) is 72.1 cm³/mol. The molecule has 1 heterocycles. The Kier molecular flexibility index (Phi) is 3.91. The largest absolute Gasteiger partial charge is 0.334 e. The van der Waals surface area contributed by atoms with Crippen molar-refractivity contribution < 1.29 is 4.79 Å². The fourth-order valence-electron chi connectivity index (χ4n) is 1.98. The molecule has 1 aliphatic rings. The van der Waals surface area contributed by atoms with Gasteiger partial charge in [-0.25, -0.2) is 0 Å². The van der Waals surface area contributed by atoms with Gasteiger partial charge in [-0.05, 0) is 19.1 Å². The number of nitrogen functional groups attached to an aromatic ring is 1. The smallest absolute Gasteiger partial charge is 0.256 e. The van der Waals surface area contributed by atoms with Gasteiger partial charge < -0.3 is 10.3 Å². The van der Waals surface area contributed by atoms with Gasteiger partial charge in [0.1, 0.15) is 0 Å². The van der Waals surface area contributed by atoms with Crippen LogP contribution in [-0.2, 0) is 0 Å². The number of nitrogens with one attached hydrogen (secondary N) is 1. The van der Waals surface area contributed by atoms with E-state index in [1.54, 1.807) is 0 Å². The number of nitrogens with two attached hydrogens (primary N) is 1. The zero-order valence-electron chi connectivity index (χ0n) is 9.85. The van der Waals surface area contributed by atoms with Gasteiger partial charge in [-0.3, -0.25) is 10.6 Å². The minimum absolute atomic E-state index is 0.0614. The molecule has 2 rings (SSSR count). The molecule has 92 valence electrons. The van der Waals surface area contributed by atoms with Crippen molar-refractivity contribution in [2.45, 2.75) is 13.0 Å². The maximum absolute atomic E-state index is 12.4. The molecular weight excluding hydrogens is 234 g/mol. The van der Waals surface area contributed by atoms with Crippen LogP contribution in [0.25, 0.3) is 0 Å². The van der Waals surface area contributed by atoms with Gasteiger partial charge in [0.15, 0.2) is 0 Å². The second-order valence-corrected chi connectivity index (χ2v) is 5.26. The van der Waals surface area contributed by atoms with Gasteiger partial charge in [0.25, 0.3) is 5.91 Å². The Bertz CT molecular complexity index is 410. The first-order valence-electron chi connectivity index (χ1n) is 5.68. The lowest BCUT2D eigenvalue weighted by molar-refractivity contribution is 0.0717. The number of hydrogen-bond acceptors (Lipinski definition) is 4. The number of benzene rings is 1.